The van der Waals surface area contributed by atoms with Crippen molar-refractivity contribution in [2.24, 2.45) is 0 Å². The molecule has 1 aliphatic heterocycles. The van der Waals surface area contributed by atoms with Gasteiger partial charge in [-0.05, 0) is 67.1 Å². The summed E-state index contributed by atoms with van der Waals surface area (Å²) in [6.07, 6.45) is 5.24. The summed E-state index contributed by atoms with van der Waals surface area (Å²) in [5, 5.41) is 6.51. The summed E-state index contributed by atoms with van der Waals surface area (Å²) < 4.78 is 6.84. The molecular weight excluding hydrogens is 506 g/mol. The molecule has 10 heteroatoms. The van der Waals surface area contributed by atoms with Crippen molar-refractivity contribution in [1.82, 2.24) is 24.7 Å². The van der Waals surface area contributed by atoms with Crippen LogP contribution in [0.1, 0.15) is 66.8 Å². The van der Waals surface area contributed by atoms with Crippen LogP contribution in [0.5, 0.6) is 0 Å². The molecule has 1 unspecified atom stereocenters. The number of piperidine rings is 1. The minimum absolute atomic E-state index is 0.0325. The van der Waals surface area contributed by atoms with Crippen molar-refractivity contribution in [3.63, 3.8) is 0 Å². The SMILES string of the molecule is CCOC(=O)c1ccc(Nc2nc(N3CCCC(NC(=O)c4ccc(C(C)(C)C)cc4)C3)nc3nccn23)cc1. The van der Waals surface area contributed by atoms with E-state index in [0.29, 0.717) is 42.0 Å². The van der Waals surface area contributed by atoms with Gasteiger partial charge in [-0.15, -0.1) is 0 Å². The summed E-state index contributed by atoms with van der Waals surface area (Å²) in [7, 11) is 0. The van der Waals surface area contributed by atoms with Crippen LogP contribution in [0.15, 0.2) is 60.9 Å². The third-order valence-corrected chi connectivity index (χ3v) is 6.96. The van der Waals surface area contributed by atoms with Crippen molar-refractivity contribution < 1.29 is 14.3 Å². The predicted molar refractivity (Wildman–Crippen MR) is 154 cm³/mol. The molecule has 40 heavy (non-hydrogen) atoms. The molecule has 0 aliphatic carbocycles. The molecule has 1 amide bonds. The Morgan fingerprint density at radius 3 is 2.45 bits per heavy atom. The van der Waals surface area contributed by atoms with Gasteiger partial charge in [-0.3, -0.25) is 9.20 Å². The zero-order valence-corrected chi connectivity index (χ0v) is 23.3. The number of aromatic nitrogens is 4. The van der Waals surface area contributed by atoms with Gasteiger partial charge in [0.05, 0.1) is 12.2 Å². The molecule has 0 spiro atoms. The number of esters is 1. The normalized spacial score (nSPS) is 15.6. The smallest absolute Gasteiger partial charge is 0.338 e. The van der Waals surface area contributed by atoms with Gasteiger partial charge in [0, 0.05) is 42.8 Å². The van der Waals surface area contributed by atoms with E-state index in [2.05, 4.69) is 46.3 Å². The Labute approximate surface area is 233 Å². The van der Waals surface area contributed by atoms with Gasteiger partial charge in [0.1, 0.15) is 0 Å². The maximum atomic E-state index is 13.0. The maximum absolute atomic E-state index is 13.0. The van der Waals surface area contributed by atoms with Crippen molar-refractivity contribution in [2.75, 3.05) is 29.9 Å². The Kier molecular flexibility index (Phi) is 7.68. The highest BCUT2D eigenvalue weighted by Gasteiger charge is 2.25. The number of ether oxygens (including phenoxy) is 1. The summed E-state index contributed by atoms with van der Waals surface area (Å²) >= 11 is 0. The van der Waals surface area contributed by atoms with Crippen LogP contribution in [0.4, 0.5) is 17.6 Å². The standard InChI is InChI=1S/C30H35N7O3/c1-5-40-26(39)21-10-14-23(15-11-21)33-29-35-28(34-27-31-16-18-37(27)29)36-17-6-7-24(19-36)32-25(38)20-8-12-22(13-9-20)30(2,3)4/h8-16,18,24H,5-7,17,19H2,1-4H3,(H,32,38)(H,31,33,34,35). The number of nitrogens with zero attached hydrogens (tertiary/aromatic N) is 5. The van der Waals surface area contributed by atoms with Crippen LogP contribution in [0.2, 0.25) is 0 Å². The molecule has 208 valence electrons. The van der Waals surface area contributed by atoms with Crippen molar-refractivity contribution >= 4 is 35.2 Å². The van der Waals surface area contributed by atoms with E-state index < -0.39 is 0 Å². The number of anilines is 3. The maximum Gasteiger partial charge on any atom is 0.338 e. The van der Waals surface area contributed by atoms with E-state index in [4.69, 9.17) is 9.72 Å². The van der Waals surface area contributed by atoms with Crippen molar-refractivity contribution in [2.45, 2.75) is 52.0 Å². The predicted octanol–water partition coefficient (Wildman–Crippen LogP) is 4.74. The van der Waals surface area contributed by atoms with Crippen molar-refractivity contribution in [3.05, 3.63) is 77.6 Å². The highest BCUT2D eigenvalue weighted by Crippen LogP contribution is 2.24. The lowest BCUT2D eigenvalue weighted by Gasteiger charge is -2.33. The number of fused-ring (bicyclic) bond motifs is 1. The number of rotatable bonds is 7. The fourth-order valence-corrected chi connectivity index (χ4v) is 4.74. The molecule has 10 nitrogen and oxygen atoms in total. The largest absolute Gasteiger partial charge is 0.462 e. The number of amides is 1. The Bertz CT molecular complexity index is 1490. The average molecular weight is 542 g/mol. The average Bonchev–Trinajstić information content (AvgIpc) is 3.43. The second-order valence-corrected chi connectivity index (χ2v) is 11.0. The van der Waals surface area contributed by atoms with E-state index in [1.807, 2.05) is 24.3 Å². The number of hydrogen-bond donors (Lipinski definition) is 2. The van der Waals surface area contributed by atoms with Gasteiger partial charge in [-0.2, -0.15) is 9.97 Å². The third-order valence-electron chi connectivity index (χ3n) is 6.96. The molecule has 5 rings (SSSR count). The quantitative estimate of drug-likeness (QED) is 0.323. The van der Waals surface area contributed by atoms with Crippen LogP contribution in [-0.4, -0.2) is 57.0 Å². The zero-order chi connectivity index (χ0) is 28.3. The Balaban J connectivity index is 1.30. The van der Waals surface area contributed by atoms with Gasteiger partial charge < -0.3 is 20.3 Å². The van der Waals surface area contributed by atoms with E-state index in [1.165, 1.54) is 5.56 Å². The molecule has 0 saturated carbocycles. The van der Waals surface area contributed by atoms with Crippen molar-refractivity contribution in [1.29, 1.82) is 0 Å². The second-order valence-electron chi connectivity index (χ2n) is 11.0. The van der Waals surface area contributed by atoms with Gasteiger partial charge >= 0.3 is 5.97 Å². The summed E-state index contributed by atoms with van der Waals surface area (Å²) in [5.74, 6) is 1.17. The topological polar surface area (TPSA) is 114 Å². The Hall–Kier alpha value is -4.47. The van der Waals surface area contributed by atoms with Gasteiger partial charge in [0.15, 0.2) is 0 Å². The molecule has 1 saturated heterocycles. The van der Waals surface area contributed by atoms with Crippen LogP contribution in [0, 0.1) is 0 Å². The zero-order valence-electron chi connectivity index (χ0n) is 23.3. The molecule has 4 aromatic rings. The summed E-state index contributed by atoms with van der Waals surface area (Å²) in [6.45, 7) is 9.94. The third kappa shape index (κ3) is 6.06. The molecule has 2 N–H and O–H groups in total. The first-order chi connectivity index (χ1) is 19.2. The molecule has 0 radical (unpaired) electrons. The number of imidazole rings is 1. The number of carbonyl (C=O) groups is 2. The van der Waals surface area contributed by atoms with Crippen LogP contribution in [0.3, 0.4) is 0 Å². The van der Waals surface area contributed by atoms with E-state index in [1.54, 1.807) is 48.0 Å². The Morgan fingerprint density at radius 1 is 1.02 bits per heavy atom. The molecule has 0 bridgehead atoms. The number of nitrogens with one attached hydrogen (secondary N) is 2. The molecule has 2 aromatic heterocycles. The lowest BCUT2D eigenvalue weighted by atomic mass is 9.86. The first-order valence-corrected chi connectivity index (χ1v) is 13.6. The fourth-order valence-electron chi connectivity index (χ4n) is 4.74. The molecule has 1 aliphatic rings. The molecule has 2 aromatic carbocycles. The van der Waals surface area contributed by atoms with Crippen LogP contribution < -0.4 is 15.5 Å². The lowest BCUT2D eigenvalue weighted by molar-refractivity contribution is 0.0526. The van der Waals surface area contributed by atoms with Gasteiger partial charge in [0.25, 0.3) is 5.91 Å². The highest BCUT2D eigenvalue weighted by atomic mass is 16.5. The number of hydrogen-bond acceptors (Lipinski definition) is 8. The number of benzene rings is 2. The minimum Gasteiger partial charge on any atom is -0.462 e. The first kappa shape index (κ1) is 27.1. The molecule has 1 fully saturated rings. The second kappa shape index (κ2) is 11.3. The number of carbonyl (C=O) groups excluding carboxylic acids is 2. The first-order valence-electron chi connectivity index (χ1n) is 13.6. The van der Waals surface area contributed by atoms with Gasteiger partial charge in [-0.1, -0.05) is 32.9 Å². The summed E-state index contributed by atoms with van der Waals surface area (Å²) in [6, 6.07) is 14.8. The summed E-state index contributed by atoms with van der Waals surface area (Å²) in [5.41, 5.74) is 3.12. The lowest BCUT2D eigenvalue weighted by Crippen LogP contribution is -2.48. The van der Waals surface area contributed by atoms with E-state index >= 15 is 0 Å². The van der Waals surface area contributed by atoms with Crippen LogP contribution in [-0.2, 0) is 10.2 Å². The molecular formula is C30H35N7O3. The molecule has 1 atom stereocenters. The monoisotopic (exact) mass is 541 g/mol. The summed E-state index contributed by atoms with van der Waals surface area (Å²) in [4.78, 5) is 40.9. The van der Waals surface area contributed by atoms with E-state index in [0.717, 1.165) is 25.1 Å². The highest BCUT2D eigenvalue weighted by molar-refractivity contribution is 5.94. The Morgan fingerprint density at radius 2 is 1.75 bits per heavy atom. The van der Waals surface area contributed by atoms with E-state index in [9.17, 15) is 9.59 Å². The van der Waals surface area contributed by atoms with Crippen LogP contribution in [0.25, 0.3) is 5.78 Å². The van der Waals surface area contributed by atoms with Gasteiger partial charge in [-0.25, -0.2) is 9.78 Å². The van der Waals surface area contributed by atoms with Crippen LogP contribution >= 0.6 is 0 Å². The van der Waals surface area contributed by atoms with Gasteiger partial charge in [0.2, 0.25) is 17.7 Å². The van der Waals surface area contributed by atoms with Crippen molar-refractivity contribution in [3.8, 4) is 0 Å². The van der Waals surface area contributed by atoms with E-state index in [-0.39, 0.29) is 23.3 Å². The molecule has 3 heterocycles. The minimum atomic E-state index is -0.357. The fraction of sp³-hybridized carbons (Fsp3) is 0.367.